The summed E-state index contributed by atoms with van der Waals surface area (Å²) in [5, 5.41) is 0. The summed E-state index contributed by atoms with van der Waals surface area (Å²) in [5.41, 5.74) is 2.34. The molecule has 0 unspecified atom stereocenters. The molecular formula is C14H15Br2N. The Labute approximate surface area is 120 Å². The van der Waals surface area contributed by atoms with Crippen molar-refractivity contribution in [1.29, 1.82) is 0 Å². The van der Waals surface area contributed by atoms with Crippen LogP contribution in [0.5, 0.6) is 0 Å². The third kappa shape index (κ3) is 5.00. The van der Waals surface area contributed by atoms with Crippen LogP contribution in [0, 0.1) is 0 Å². The molecule has 1 rings (SSSR count). The van der Waals surface area contributed by atoms with Gasteiger partial charge in [0, 0.05) is 11.5 Å². The van der Waals surface area contributed by atoms with Crippen LogP contribution in [0.1, 0.15) is 12.8 Å². The molecule has 0 bridgehead atoms. The highest BCUT2D eigenvalue weighted by atomic mass is 79.9. The summed E-state index contributed by atoms with van der Waals surface area (Å²) in [6, 6.07) is 0. The summed E-state index contributed by atoms with van der Waals surface area (Å²) in [5.74, 6) is 0. The van der Waals surface area contributed by atoms with E-state index in [1.54, 1.807) is 7.05 Å². The van der Waals surface area contributed by atoms with Gasteiger partial charge in [-0.2, -0.15) is 0 Å². The van der Waals surface area contributed by atoms with Gasteiger partial charge in [-0.15, -0.1) is 0 Å². The van der Waals surface area contributed by atoms with E-state index in [-0.39, 0.29) is 0 Å². The molecular weight excluding hydrogens is 342 g/mol. The predicted molar refractivity (Wildman–Crippen MR) is 84.0 cm³/mol. The van der Waals surface area contributed by atoms with E-state index in [0.717, 1.165) is 27.5 Å². The molecule has 0 aromatic heterocycles. The van der Waals surface area contributed by atoms with Crippen molar-refractivity contribution in [2.45, 2.75) is 12.8 Å². The Kier molecular flexibility index (Phi) is 6.45. The highest BCUT2D eigenvalue weighted by Gasteiger charge is 2.07. The van der Waals surface area contributed by atoms with Gasteiger partial charge in [0.2, 0.25) is 0 Å². The number of allylic oxidation sites excluding steroid dienone is 9. The average molecular weight is 357 g/mol. The fourth-order valence-corrected chi connectivity index (χ4v) is 2.08. The molecule has 0 aliphatic heterocycles. The van der Waals surface area contributed by atoms with E-state index in [1.807, 2.05) is 18.2 Å². The van der Waals surface area contributed by atoms with Crippen LogP contribution in [0.15, 0.2) is 63.7 Å². The number of hydrogen-bond acceptors (Lipinski definition) is 1. The predicted octanol–water partition coefficient (Wildman–Crippen LogP) is 5.08. The number of halogens is 2. The molecule has 0 fully saturated rings. The molecule has 1 aliphatic carbocycles. The third-order valence-electron chi connectivity index (χ3n) is 2.35. The zero-order valence-corrected chi connectivity index (χ0v) is 13.0. The lowest BCUT2D eigenvalue weighted by Crippen LogP contribution is -1.94. The van der Waals surface area contributed by atoms with Crippen LogP contribution in [0.3, 0.4) is 0 Å². The maximum Gasteiger partial charge on any atom is 0.100 e. The van der Waals surface area contributed by atoms with Crippen LogP contribution < -0.4 is 0 Å². The van der Waals surface area contributed by atoms with Gasteiger partial charge in [-0.05, 0) is 46.0 Å². The molecule has 0 saturated heterocycles. The average Bonchev–Trinajstić information content (AvgIpc) is 2.25. The van der Waals surface area contributed by atoms with Gasteiger partial charge < -0.3 is 0 Å². The van der Waals surface area contributed by atoms with E-state index in [1.165, 1.54) is 5.57 Å². The molecule has 1 nitrogen and oxygen atoms in total. The van der Waals surface area contributed by atoms with Crippen LogP contribution in [0.2, 0.25) is 0 Å². The van der Waals surface area contributed by atoms with Crippen LogP contribution in [0.25, 0.3) is 0 Å². The van der Waals surface area contributed by atoms with E-state index in [9.17, 15) is 0 Å². The Hall–Kier alpha value is -0.670. The van der Waals surface area contributed by atoms with Crippen molar-refractivity contribution >= 4 is 36.5 Å². The Morgan fingerprint density at radius 2 is 2.12 bits per heavy atom. The second kappa shape index (κ2) is 7.62. The quantitative estimate of drug-likeness (QED) is 0.494. The van der Waals surface area contributed by atoms with Crippen LogP contribution in [0.4, 0.5) is 0 Å². The molecule has 17 heavy (non-hydrogen) atoms. The van der Waals surface area contributed by atoms with Gasteiger partial charge in [0.05, 0.1) is 0 Å². The van der Waals surface area contributed by atoms with Crippen molar-refractivity contribution in [3.05, 3.63) is 58.7 Å². The Balaban J connectivity index is 3.07. The summed E-state index contributed by atoms with van der Waals surface area (Å²) in [4.78, 5) is 4.08. The van der Waals surface area contributed by atoms with Gasteiger partial charge in [-0.3, -0.25) is 4.99 Å². The summed E-state index contributed by atoms with van der Waals surface area (Å²) < 4.78 is 1.69. The Morgan fingerprint density at radius 1 is 1.35 bits per heavy atom. The van der Waals surface area contributed by atoms with Gasteiger partial charge in [0.15, 0.2) is 0 Å². The van der Waals surface area contributed by atoms with Crippen molar-refractivity contribution < 1.29 is 0 Å². The molecule has 0 saturated carbocycles. The molecule has 0 atom stereocenters. The first kappa shape index (κ1) is 14.4. The normalized spacial score (nSPS) is 24.3. The van der Waals surface area contributed by atoms with Crippen molar-refractivity contribution in [3.8, 4) is 0 Å². The van der Waals surface area contributed by atoms with Crippen LogP contribution in [-0.2, 0) is 0 Å². The monoisotopic (exact) mass is 355 g/mol. The minimum absolute atomic E-state index is 0.815. The van der Waals surface area contributed by atoms with Crippen molar-refractivity contribution in [3.63, 3.8) is 0 Å². The summed E-state index contributed by atoms with van der Waals surface area (Å²) in [6.45, 7) is 3.96. The smallest absolute Gasteiger partial charge is 0.100 e. The number of rotatable bonds is 3. The molecule has 3 heteroatoms. The van der Waals surface area contributed by atoms with Crippen LogP contribution in [-0.4, -0.2) is 11.7 Å². The van der Waals surface area contributed by atoms with E-state index in [4.69, 9.17) is 0 Å². The first-order chi connectivity index (χ1) is 8.15. The zero-order chi connectivity index (χ0) is 12.7. The topological polar surface area (TPSA) is 12.4 Å². The minimum Gasteiger partial charge on any atom is -0.281 e. The lowest BCUT2D eigenvalue weighted by Gasteiger charge is -2.11. The second-order valence-electron chi connectivity index (χ2n) is 3.55. The zero-order valence-electron chi connectivity index (χ0n) is 9.79. The Bertz CT molecular complexity index is 437. The van der Waals surface area contributed by atoms with Gasteiger partial charge in [-0.1, -0.05) is 52.9 Å². The second-order valence-corrected chi connectivity index (χ2v) is 5.32. The highest BCUT2D eigenvalue weighted by Crippen LogP contribution is 2.27. The van der Waals surface area contributed by atoms with Crippen molar-refractivity contribution in [2.75, 3.05) is 7.05 Å². The van der Waals surface area contributed by atoms with Gasteiger partial charge >= 0.3 is 0 Å². The molecule has 90 valence electrons. The molecule has 0 aromatic rings. The Morgan fingerprint density at radius 3 is 2.76 bits per heavy atom. The maximum atomic E-state index is 4.08. The summed E-state index contributed by atoms with van der Waals surface area (Å²) in [6.07, 6.45) is 14.5. The highest BCUT2D eigenvalue weighted by molar-refractivity contribution is 9.18. The molecule has 1 aliphatic rings. The maximum absolute atomic E-state index is 4.08. The van der Waals surface area contributed by atoms with E-state index < -0.39 is 0 Å². The van der Waals surface area contributed by atoms with Crippen LogP contribution >= 0.6 is 31.9 Å². The van der Waals surface area contributed by atoms with E-state index >= 15 is 0 Å². The van der Waals surface area contributed by atoms with E-state index in [0.29, 0.717) is 0 Å². The number of hydrogen-bond donors (Lipinski definition) is 0. The fraction of sp³-hybridized carbons (Fsp3) is 0.214. The van der Waals surface area contributed by atoms with Crippen molar-refractivity contribution in [1.82, 2.24) is 0 Å². The van der Waals surface area contributed by atoms with Gasteiger partial charge in [0.1, 0.15) is 4.62 Å². The SMILES string of the molecule is C=C(Br)C(=C\C(Br)=NC)/C1=C/C=C\C=C/CC1. The third-order valence-corrected chi connectivity index (χ3v) is 3.36. The van der Waals surface area contributed by atoms with Crippen molar-refractivity contribution in [2.24, 2.45) is 4.99 Å². The standard InChI is InChI=1S/C14H15Br2N/c1-11(15)13(10-14(16)17-2)12-8-6-4-3-5-7-9-12/h3-6,8,10H,1,7,9H2,2H3/b5-3-,6-4-,12-8+,13-10+,17-14?. The molecule has 0 spiro atoms. The molecule has 0 amide bonds. The number of aliphatic imine (C=N–C) groups is 1. The molecule has 0 N–H and O–H groups in total. The molecule has 0 aromatic carbocycles. The van der Waals surface area contributed by atoms with Gasteiger partial charge in [-0.25, -0.2) is 0 Å². The van der Waals surface area contributed by atoms with Gasteiger partial charge in [0.25, 0.3) is 0 Å². The lowest BCUT2D eigenvalue weighted by atomic mass is 9.99. The first-order valence-electron chi connectivity index (χ1n) is 5.36. The minimum atomic E-state index is 0.815. The molecule has 0 radical (unpaired) electrons. The van der Waals surface area contributed by atoms with E-state index in [2.05, 4.69) is 61.7 Å². The largest absolute Gasteiger partial charge is 0.281 e. The first-order valence-corrected chi connectivity index (χ1v) is 6.95. The fourth-order valence-electron chi connectivity index (χ4n) is 1.49. The summed E-state index contributed by atoms with van der Waals surface area (Å²) >= 11 is 6.86. The number of nitrogens with zero attached hydrogens (tertiary/aromatic N) is 1. The lowest BCUT2D eigenvalue weighted by molar-refractivity contribution is 0.992. The summed E-state index contributed by atoms with van der Waals surface area (Å²) in [7, 11) is 1.75. The molecule has 0 heterocycles.